The van der Waals surface area contributed by atoms with Crippen molar-refractivity contribution >= 4 is 23.3 Å². The summed E-state index contributed by atoms with van der Waals surface area (Å²) in [6, 6.07) is 19.9. The van der Waals surface area contributed by atoms with Gasteiger partial charge < -0.3 is 15.4 Å². The van der Waals surface area contributed by atoms with E-state index in [9.17, 15) is 9.59 Å². The van der Waals surface area contributed by atoms with Crippen molar-refractivity contribution < 1.29 is 14.3 Å². The molecule has 8 nitrogen and oxygen atoms in total. The van der Waals surface area contributed by atoms with Crippen molar-refractivity contribution in [1.82, 2.24) is 14.8 Å². The van der Waals surface area contributed by atoms with Crippen LogP contribution in [0.3, 0.4) is 0 Å². The summed E-state index contributed by atoms with van der Waals surface area (Å²) in [6.07, 6.45) is 3.38. The zero-order chi connectivity index (χ0) is 21.2. The van der Waals surface area contributed by atoms with Crippen LogP contribution in [0.4, 0.5) is 11.5 Å². The van der Waals surface area contributed by atoms with Crippen molar-refractivity contribution in [3.05, 3.63) is 90.4 Å². The Morgan fingerprint density at radius 2 is 1.90 bits per heavy atom. The summed E-state index contributed by atoms with van der Waals surface area (Å²) in [6.45, 7) is 0. The lowest BCUT2D eigenvalue weighted by Gasteiger charge is -2.11. The number of amides is 2. The molecular weight excluding hydrogens is 394 g/mol. The Morgan fingerprint density at radius 3 is 2.77 bits per heavy atom. The fourth-order valence-corrected chi connectivity index (χ4v) is 3.40. The number of benzene rings is 2. The molecule has 1 aliphatic heterocycles. The summed E-state index contributed by atoms with van der Waals surface area (Å²) in [5.74, 6) is 1.19. The van der Waals surface area contributed by atoms with Gasteiger partial charge in [0.15, 0.2) is 0 Å². The first-order valence-corrected chi connectivity index (χ1v) is 9.64. The molecule has 0 bridgehead atoms. The van der Waals surface area contributed by atoms with Gasteiger partial charge in [-0.25, -0.2) is 9.67 Å². The molecular formula is C23H17N5O3. The van der Waals surface area contributed by atoms with Crippen molar-refractivity contribution in [1.29, 1.82) is 0 Å². The maximum absolute atomic E-state index is 12.9. The number of carbonyl (C=O) groups is 2. The van der Waals surface area contributed by atoms with Crippen LogP contribution in [0.5, 0.6) is 11.5 Å². The quantitative estimate of drug-likeness (QED) is 0.520. The zero-order valence-corrected chi connectivity index (χ0v) is 16.3. The van der Waals surface area contributed by atoms with Gasteiger partial charge in [-0.05, 0) is 36.4 Å². The molecule has 0 saturated heterocycles. The Hall–Kier alpha value is -4.46. The first kappa shape index (κ1) is 18.6. The van der Waals surface area contributed by atoms with Gasteiger partial charge in [0.2, 0.25) is 5.91 Å². The second-order valence-corrected chi connectivity index (χ2v) is 6.91. The Kier molecular flexibility index (Phi) is 4.64. The number of carbonyl (C=O) groups excluding carboxylic acids is 2. The summed E-state index contributed by atoms with van der Waals surface area (Å²) >= 11 is 0. The standard InChI is InChI=1S/C23H17N5O3/c29-21-14-18-20(10-11-24-22(18)27-21)31-17-8-4-5-15(13-17)26-23(30)19-9-12-25-28(19)16-6-2-1-3-7-16/h1-13H,14H2,(H,26,30)(H,24,27,29). The van der Waals surface area contributed by atoms with E-state index in [4.69, 9.17) is 4.74 Å². The van der Waals surface area contributed by atoms with E-state index in [0.717, 1.165) is 5.69 Å². The predicted molar refractivity (Wildman–Crippen MR) is 115 cm³/mol. The predicted octanol–water partition coefficient (Wildman–Crippen LogP) is 3.81. The minimum Gasteiger partial charge on any atom is -0.457 e. The van der Waals surface area contributed by atoms with Crippen LogP contribution in [-0.2, 0) is 11.2 Å². The second-order valence-electron chi connectivity index (χ2n) is 6.91. The highest BCUT2D eigenvalue weighted by Gasteiger charge is 2.23. The summed E-state index contributed by atoms with van der Waals surface area (Å²) in [4.78, 5) is 28.7. The zero-order valence-electron chi connectivity index (χ0n) is 16.3. The number of nitrogens with one attached hydrogen (secondary N) is 2. The topological polar surface area (TPSA) is 98.1 Å². The van der Waals surface area contributed by atoms with Crippen LogP contribution >= 0.6 is 0 Å². The number of rotatable bonds is 5. The summed E-state index contributed by atoms with van der Waals surface area (Å²) in [7, 11) is 0. The number of hydrogen-bond donors (Lipinski definition) is 2. The van der Waals surface area contributed by atoms with Gasteiger partial charge >= 0.3 is 0 Å². The van der Waals surface area contributed by atoms with Crippen molar-refractivity contribution in [3.63, 3.8) is 0 Å². The van der Waals surface area contributed by atoms with E-state index < -0.39 is 0 Å². The van der Waals surface area contributed by atoms with E-state index in [0.29, 0.717) is 34.3 Å². The molecule has 0 saturated carbocycles. The average Bonchev–Trinajstić information content (AvgIpc) is 3.41. The van der Waals surface area contributed by atoms with Crippen LogP contribution in [-0.4, -0.2) is 26.6 Å². The largest absolute Gasteiger partial charge is 0.457 e. The maximum Gasteiger partial charge on any atom is 0.274 e. The van der Waals surface area contributed by atoms with Gasteiger partial charge in [-0.1, -0.05) is 24.3 Å². The van der Waals surface area contributed by atoms with Crippen LogP contribution in [0.2, 0.25) is 0 Å². The number of nitrogens with zero attached hydrogens (tertiary/aromatic N) is 3. The molecule has 2 amide bonds. The summed E-state index contributed by atoms with van der Waals surface area (Å²) < 4.78 is 7.56. The van der Waals surface area contributed by atoms with E-state index in [1.807, 2.05) is 30.3 Å². The van der Waals surface area contributed by atoms with Gasteiger partial charge in [-0.15, -0.1) is 0 Å². The van der Waals surface area contributed by atoms with Crippen LogP contribution in [0.25, 0.3) is 5.69 Å². The molecule has 2 N–H and O–H groups in total. The van der Waals surface area contributed by atoms with Gasteiger partial charge in [0.1, 0.15) is 23.0 Å². The third kappa shape index (κ3) is 3.74. The summed E-state index contributed by atoms with van der Waals surface area (Å²) in [5, 5.41) is 9.84. The number of fused-ring (bicyclic) bond motifs is 1. The third-order valence-corrected chi connectivity index (χ3v) is 4.80. The molecule has 0 radical (unpaired) electrons. The number of para-hydroxylation sites is 1. The van der Waals surface area contributed by atoms with Gasteiger partial charge in [0.25, 0.3) is 5.91 Å². The van der Waals surface area contributed by atoms with E-state index in [-0.39, 0.29) is 18.2 Å². The highest BCUT2D eigenvalue weighted by atomic mass is 16.5. The number of aromatic nitrogens is 3. The third-order valence-electron chi connectivity index (χ3n) is 4.80. The smallest absolute Gasteiger partial charge is 0.274 e. The van der Waals surface area contributed by atoms with Crippen LogP contribution in [0.15, 0.2) is 79.1 Å². The van der Waals surface area contributed by atoms with Crippen LogP contribution < -0.4 is 15.4 Å². The molecule has 2 aromatic carbocycles. The molecule has 0 atom stereocenters. The first-order valence-electron chi connectivity index (χ1n) is 9.64. The van der Waals surface area contributed by atoms with E-state index >= 15 is 0 Å². The second kappa shape index (κ2) is 7.75. The average molecular weight is 411 g/mol. The maximum atomic E-state index is 12.9. The SMILES string of the molecule is O=C1Cc2c(Oc3cccc(NC(=O)c4ccnn4-c4ccccc4)c3)ccnc2N1. The fourth-order valence-electron chi connectivity index (χ4n) is 3.40. The van der Waals surface area contributed by atoms with E-state index in [1.54, 1.807) is 53.5 Å². The molecule has 0 unspecified atom stereocenters. The normalized spacial score (nSPS) is 12.2. The minimum absolute atomic E-state index is 0.116. The lowest BCUT2D eigenvalue weighted by atomic mass is 10.2. The Balaban J connectivity index is 1.36. The highest BCUT2D eigenvalue weighted by molar-refractivity contribution is 6.03. The van der Waals surface area contributed by atoms with E-state index in [2.05, 4.69) is 20.7 Å². The Morgan fingerprint density at radius 1 is 1.03 bits per heavy atom. The van der Waals surface area contributed by atoms with Crippen molar-refractivity contribution in [2.75, 3.05) is 10.6 Å². The lowest BCUT2D eigenvalue weighted by molar-refractivity contribution is -0.115. The molecule has 4 aromatic rings. The lowest BCUT2D eigenvalue weighted by Crippen LogP contribution is -2.16. The fraction of sp³-hybridized carbons (Fsp3) is 0.0435. The Labute approximate surface area is 177 Å². The number of hydrogen-bond acceptors (Lipinski definition) is 5. The molecule has 0 aliphatic carbocycles. The van der Waals surface area contributed by atoms with Crippen LogP contribution in [0.1, 0.15) is 16.1 Å². The van der Waals surface area contributed by atoms with Gasteiger partial charge in [0.05, 0.1) is 18.3 Å². The van der Waals surface area contributed by atoms with Crippen molar-refractivity contribution in [2.45, 2.75) is 6.42 Å². The van der Waals surface area contributed by atoms with Gasteiger partial charge in [-0.2, -0.15) is 5.10 Å². The summed E-state index contributed by atoms with van der Waals surface area (Å²) in [5.41, 5.74) is 2.50. The molecule has 1 aliphatic rings. The Bertz CT molecular complexity index is 1280. The molecule has 31 heavy (non-hydrogen) atoms. The van der Waals surface area contributed by atoms with Crippen LogP contribution in [0, 0.1) is 0 Å². The van der Waals surface area contributed by atoms with Crippen molar-refractivity contribution in [3.8, 4) is 17.2 Å². The number of pyridine rings is 1. The monoisotopic (exact) mass is 411 g/mol. The van der Waals surface area contributed by atoms with Gasteiger partial charge in [0, 0.05) is 23.5 Å². The van der Waals surface area contributed by atoms with E-state index in [1.165, 1.54) is 0 Å². The molecule has 0 spiro atoms. The molecule has 5 rings (SSSR count). The molecule has 152 valence electrons. The van der Waals surface area contributed by atoms with Crippen molar-refractivity contribution in [2.24, 2.45) is 0 Å². The van der Waals surface area contributed by atoms with Gasteiger partial charge in [-0.3, -0.25) is 9.59 Å². The minimum atomic E-state index is -0.293. The molecule has 2 aromatic heterocycles. The molecule has 3 heterocycles. The highest BCUT2D eigenvalue weighted by Crippen LogP contribution is 2.33. The number of ether oxygens (including phenoxy) is 1. The first-order chi connectivity index (χ1) is 15.2. The molecule has 8 heteroatoms. The number of anilines is 2. The molecule has 0 fully saturated rings.